The van der Waals surface area contributed by atoms with E-state index in [2.05, 4.69) is 15.5 Å². The van der Waals surface area contributed by atoms with Crippen LogP contribution in [0.25, 0.3) is 0 Å². The number of hydrogen-bond acceptors (Lipinski definition) is 3. The topological polar surface area (TPSA) is 40.7 Å². The molecule has 5 heteroatoms. The van der Waals surface area contributed by atoms with Gasteiger partial charge < -0.3 is 5.32 Å². The molecular weight excluding hydrogens is 261 g/mol. The zero-order valence-corrected chi connectivity index (χ0v) is 11.6. The number of hydrogen-bond donors (Lipinski definition) is 2. The van der Waals surface area contributed by atoms with Crippen LogP contribution in [0.3, 0.4) is 0 Å². The molecule has 0 fully saturated rings. The van der Waals surface area contributed by atoms with Gasteiger partial charge in [0.15, 0.2) is 0 Å². The predicted octanol–water partition coefficient (Wildman–Crippen LogP) is 3.18. The van der Waals surface area contributed by atoms with Gasteiger partial charge in [-0.15, -0.1) is 11.8 Å². The fourth-order valence-electron chi connectivity index (χ4n) is 2.36. The van der Waals surface area contributed by atoms with E-state index in [1.807, 2.05) is 19.2 Å². The molecule has 1 unspecified atom stereocenters. The number of halogens is 1. The van der Waals surface area contributed by atoms with Crippen molar-refractivity contribution >= 4 is 11.8 Å². The smallest absolute Gasteiger partial charge is 0.123 e. The van der Waals surface area contributed by atoms with Gasteiger partial charge >= 0.3 is 0 Å². The number of thioether (sulfide) groups is 1. The van der Waals surface area contributed by atoms with Crippen molar-refractivity contribution in [3.05, 3.63) is 47.0 Å². The summed E-state index contributed by atoms with van der Waals surface area (Å²) in [6, 6.07) is 5.29. The number of aromatic nitrogens is 2. The number of nitrogens with one attached hydrogen (secondary N) is 2. The van der Waals surface area contributed by atoms with Crippen molar-refractivity contribution in [2.45, 2.75) is 30.8 Å². The maximum atomic E-state index is 13.4. The number of aromatic amines is 1. The number of rotatable bonds is 3. The summed E-state index contributed by atoms with van der Waals surface area (Å²) in [4.78, 5) is 1.19. The van der Waals surface area contributed by atoms with E-state index >= 15 is 0 Å². The second kappa shape index (κ2) is 5.35. The summed E-state index contributed by atoms with van der Waals surface area (Å²) in [6.07, 6.45) is 2.87. The number of H-pyrrole nitrogens is 1. The fourth-order valence-corrected chi connectivity index (χ4v) is 3.47. The summed E-state index contributed by atoms with van der Waals surface area (Å²) in [5, 5.41) is 10.5. The lowest BCUT2D eigenvalue weighted by Crippen LogP contribution is -2.24. The van der Waals surface area contributed by atoms with Crippen LogP contribution in [0.1, 0.15) is 29.3 Å². The van der Waals surface area contributed by atoms with Gasteiger partial charge in [0.05, 0.1) is 6.20 Å². The standard InChI is InChI=1S/C14H16FN3S/c1-9-10(8-17-18-9)7-16-13-4-5-19-14-3-2-11(15)6-12(13)14/h2-3,6,8,13,16H,4-5,7H2,1H3,(H,17,18). The van der Waals surface area contributed by atoms with Crippen molar-refractivity contribution < 1.29 is 4.39 Å². The van der Waals surface area contributed by atoms with Gasteiger partial charge in [-0.25, -0.2) is 4.39 Å². The summed E-state index contributed by atoms with van der Waals surface area (Å²) in [6.45, 7) is 2.77. The molecule has 100 valence electrons. The second-order valence-electron chi connectivity index (χ2n) is 4.77. The van der Waals surface area contributed by atoms with Gasteiger partial charge in [-0.1, -0.05) is 0 Å². The van der Waals surface area contributed by atoms with Crippen molar-refractivity contribution in [1.82, 2.24) is 15.5 Å². The Morgan fingerprint density at radius 1 is 1.53 bits per heavy atom. The predicted molar refractivity (Wildman–Crippen MR) is 74.6 cm³/mol. The zero-order valence-electron chi connectivity index (χ0n) is 10.7. The van der Waals surface area contributed by atoms with E-state index in [4.69, 9.17) is 0 Å². The molecule has 2 N–H and O–H groups in total. The first-order chi connectivity index (χ1) is 9.24. The average molecular weight is 277 g/mol. The molecule has 1 aromatic heterocycles. The Balaban J connectivity index is 1.76. The van der Waals surface area contributed by atoms with Crippen LogP contribution in [0, 0.1) is 12.7 Å². The zero-order chi connectivity index (χ0) is 13.2. The third-order valence-electron chi connectivity index (χ3n) is 3.48. The Labute approximate surface area is 116 Å². The molecule has 2 heterocycles. The first kappa shape index (κ1) is 12.7. The van der Waals surface area contributed by atoms with E-state index in [0.29, 0.717) is 0 Å². The maximum absolute atomic E-state index is 13.4. The molecule has 0 saturated carbocycles. The molecule has 0 aliphatic carbocycles. The number of benzene rings is 1. The maximum Gasteiger partial charge on any atom is 0.123 e. The van der Waals surface area contributed by atoms with Gasteiger partial charge in [0, 0.05) is 28.7 Å². The van der Waals surface area contributed by atoms with Gasteiger partial charge in [0.2, 0.25) is 0 Å². The molecular formula is C14H16FN3S. The highest BCUT2D eigenvalue weighted by Gasteiger charge is 2.21. The molecule has 3 rings (SSSR count). The highest BCUT2D eigenvalue weighted by Crippen LogP contribution is 2.36. The summed E-state index contributed by atoms with van der Waals surface area (Å²) >= 11 is 1.80. The summed E-state index contributed by atoms with van der Waals surface area (Å²) < 4.78 is 13.4. The summed E-state index contributed by atoms with van der Waals surface area (Å²) in [7, 11) is 0. The van der Waals surface area contributed by atoms with E-state index in [0.717, 1.165) is 35.5 Å². The minimum atomic E-state index is -0.160. The lowest BCUT2D eigenvalue weighted by Gasteiger charge is -2.26. The quantitative estimate of drug-likeness (QED) is 0.905. The van der Waals surface area contributed by atoms with Gasteiger partial charge in [-0.2, -0.15) is 5.10 Å². The van der Waals surface area contributed by atoms with Crippen LogP contribution in [0.5, 0.6) is 0 Å². The second-order valence-corrected chi connectivity index (χ2v) is 5.91. The Bertz CT molecular complexity index is 582. The van der Waals surface area contributed by atoms with Gasteiger partial charge in [-0.3, -0.25) is 5.10 Å². The normalized spacial score (nSPS) is 18.3. The Morgan fingerprint density at radius 3 is 3.21 bits per heavy atom. The van der Waals surface area contributed by atoms with Gasteiger partial charge in [0.25, 0.3) is 0 Å². The molecule has 0 spiro atoms. The minimum Gasteiger partial charge on any atom is -0.306 e. The molecule has 1 atom stereocenters. The van der Waals surface area contributed by atoms with Crippen molar-refractivity contribution in [3.8, 4) is 0 Å². The van der Waals surface area contributed by atoms with E-state index in [1.165, 1.54) is 11.0 Å². The Morgan fingerprint density at radius 2 is 2.42 bits per heavy atom. The third kappa shape index (κ3) is 2.67. The van der Waals surface area contributed by atoms with Crippen LogP contribution in [-0.4, -0.2) is 16.0 Å². The van der Waals surface area contributed by atoms with Crippen molar-refractivity contribution in [2.75, 3.05) is 5.75 Å². The van der Waals surface area contributed by atoms with Crippen molar-refractivity contribution in [1.29, 1.82) is 0 Å². The monoisotopic (exact) mass is 277 g/mol. The molecule has 0 amide bonds. The highest BCUT2D eigenvalue weighted by atomic mass is 32.2. The Hall–Kier alpha value is -1.33. The fraction of sp³-hybridized carbons (Fsp3) is 0.357. The van der Waals surface area contributed by atoms with Gasteiger partial charge in [-0.05, 0) is 42.9 Å². The number of aryl methyl sites for hydroxylation is 1. The van der Waals surface area contributed by atoms with Crippen LogP contribution in [0.4, 0.5) is 4.39 Å². The minimum absolute atomic E-state index is 0.160. The Kier molecular flexibility index (Phi) is 3.57. The van der Waals surface area contributed by atoms with Crippen LogP contribution in [0.2, 0.25) is 0 Å². The van der Waals surface area contributed by atoms with Gasteiger partial charge in [0.1, 0.15) is 5.82 Å². The van der Waals surface area contributed by atoms with Crippen LogP contribution >= 0.6 is 11.8 Å². The van der Waals surface area contributed by atoms with E-state index < -0.39 is 0 Å². The molecule has 1 aromatic carbocycles. The molecule has 19 heavy (non-hydrogen) atoms. The average Bonchev–Trinajstić information content (AvgIpc) is 2.82. The van der Waals surface area contributed by atoms with Crippen LogP contribution < -0.4 is 5.32 Å². The molecule has 2 aromatic rings. The lowest BCUT2D eigenvalue weighted by molar-refractivity contribution is 0.504. The molecule has 3 nitrogen and oxygen atoms in total. The number of fused-ring (bicyclic) bond motifs is 1. The molecule has 0 bridgehead atoms. The van der Waals surface area contributed by atoms with E-state index in [1.54, 1.807) is 17.8 Å². The lowest BCUT2D eigenvalue weighted by atomic mass is 10.0. The SMILES string of the molecule is Cc1[nH]ncc1CNC1CCSc2ccc(F)cc21. The number of nitrogens with zero attached hydrogens (tertiary/aromatic N) is 1. The van der Waals surface area contributed by atoms with Crippen LogP contribution in [0.15, 0.2) is 29.3 Å². The molecule has 0 saturated heterocycles. The first-order valence-corrected chi connectivity index (χ1v) is 7.37. The summed E-state index contributed by atoms with van der Waals surface area (Å²) in [5.74, 6) is 0.910. The molecule has 1 aliphatic heterocycles. The first-order valence-electron chi connectivity index (χ1n) is 6.38. The molecule has 1 aliphatic rings. The van der Waals surface area contributed by atoms with Crippen molar-refractivity contribution in [2.24, 2.45) is 0 Å². The third-order valence-corrected chi connectivity index (χ3v) is 4.61. The van der Waals surface area contributed by atoms with E-state index in [9.17, 15) is 4.39 Å². The van der Waals surface area contributed by atoms with E-state index in [-0.39, 0.29) is 11.9 Å². The van der Waals surface area contributed by atoms with Crippen molar-refractivity contribution in [3.63, 3.8) is 0 Å². The summed E-state index contributed by atoms with van der Waals surface area (Å²) in [5.41, 5.74) is 3.32. The largest absolute Gasteiger partial charge is 0.306 e. The van der Waals surface area contributed by atoms with Crippen LogP contribution in [-0.2, 0) is 6.54 Å². The highest BCUT2D eigenvalue weighted by molar-refractivity contribution is 7.99. The molecule has 0 radical (unpaired) electrons.